The maximum atomic E-state index is 12.5. The number of amides is 1. The molecule has 0 saturated carbocycles. The van der Waals surface area contributed by atoms with Gasteiger partial charge in [-0.3, -0.25) is 10.2 Å². The normalized spacial score (nSPS) is 20.8. The van der Waals surface area contributed by atoms with Crippen molar-refractivity contribution < 1.29 is 4.79 Å². The van der Waals surface area contributed by atoms with Crippen molar-refractivity contribution in [3.05, 3.63) is 29.3 Å². The third-order valence-corrected chi connectivity index (χ3v) is 5.09. The molecule has 0 fully saturated rings. The molecule has 0 aromatic heterocycles. The van der Waals surface area contributed by atoms with Gasteiger partial charge in [0.1, 0.15) is 6.04 Å². The van der Waals surface area contributed by atoms with E-state index in [2.05, 4.69) is 63.1 Å². The van der Waals surface area contributed by atoms with Crippen molar-refractivity contribution in [1.29, 1.82) is 0 Å². The second-order valence-corrected chi connectivity index (χ2v) is 7.47. The molecule has 1 amide bonds. The Kier molecular flexibility index (Phi) is 5.35. The molecule has 0 radical (unpaired) electrons. The van der Waals surface area contributed by atoms with Gasteiger partial charge in [0, 0.05) is 11.2 Å². The third-order valence-electron chi connectivity index (χ3n) is 5.09. The highest BCUT2D eigenvalue weighted by molar-refractivity contribution is 5.86. The van der Waals surface area contributed by atoms with E-state index in [9.17, 15) is 4.79 Å². The number of hydrazine groups is 1. The van der Waals surface area contributed by atoms with E-state index in [1.54, 1.807) is 0 Å². The van der Waals surface area contributed by atoms with Crippen LogP contribution in [0.1, 0.15) is 70.4 Å². The van der Waals surface area contributed by atoms with Crippen LogP contribution in [-0.2, 0) is 4.79 Å². The lowest BCUT2D eigenvalue weighted by Gasteiger charge is -2.51. The van der Waals surface area contributed by atoms with Crippen molar-refractivity contribution in [3.63, 3.8) is 0 Å². The van der Waals surface area contributed by atoms with Gasteiger partial charge in [-0.25, -0.2) is 5.84 Å². The molecule has 1 aromatic carbocycles. The van der Waals surface area contributed by atoms with Gasteiger partial charge in [0.05, 0.1) is 0 Å². The number of hydrogen-bond donors (Lipinski definition) is 2. The van der Waals surface area contributed by atoms with Crippen LogP contribution in [0.4, 0.5) is 5.69 Å². The van der Waals surface area contributed by atoms with Gasteiger partial charge in [0.15, 0.2) is 0 Å². The number of nitrogens with zero attached hydrogens (tertiary/aromatic N) is 1. The van der Waals surface area contributed by atoms with Crippen molar-refractivity contribution in [3.8, 4) is 0 Å². The Balaban J connectivity index is 2.56. The van der Waals surface area contributed by atoms with Crippen molar-refractivity contribution in [2.24, 2.45) is 5.84 Å². The summed E-state index contributed by atoms with van der Waals surface area (Å²) in [5.74, 6) is 5.90. The molecular weight excluding hydrogens is 286 g/mol. The predicted octanol–water partition coefficient (Wildman–Crippen LogP) is 3.64. The number of unbranched alkanes of at least 4 members (excludes halogenated alkanes) is 1. The van der Waals surface area contributed by atoms with Crippen LogP contribution in [0, 0.1) is 6.92 Å². The van der Waals surface area contributed by atoms with Gasteiger partial charge < -0.3 is 4.90 Å². The monoisotopic (exact) mass is 317 g/mol. The Bertz CT molecular complexity index is 568. The summed E-state index contributed by atoms with van der Waals surface area (Å²) in [5.41, 5.74) is 6.11. The molecule has 2 atom stereocenters. The van der Waals surface area contributed by atoms with Crippen molar-refractivity contribution in [1.82, 2.24) is 5.43 Å². The second kappa shape index (κ2) is 6.91. The Hall–Kier alpha value is -1.55. The van der Waals surface area contributed by atoms with Crippen LogP contribution in [0.5, 0.6) is 0 Å². The lowest BCUT2D eigenvalue weighted by molar-refractivity contribution is -0.123. The molecule has 0 bridgehead atoms. The lowest BCUT2D eigenvalue weighted by Crippen LogP contribution is -2.59. The molecule has 0 unspecified atom stereocenters. The molecule has 1 aliphatic rings. The van der Waals surface area contributed by atoms with Gasteiger partial charge in [-0.2, -0.15) is 0 Å². The highest BCUT2D eigenvalue weighted by Gasteiger charge is 2.42. The van der Waals surface area contributed by atoms with E-state index in [1.807, 2.05) is 0 Å². The topological polar surface area (TPSA) is 58.4 Å². The molecule has 4 nitrogen and oxygen atoms in total. The molecule has 0 saturated heterocycles. The molecule has 1 heterocycles. The van der Waals surface area contributed by atoms with Crippen LogP contribution in [0.15, 0.2) is 18.2 Å². The van der Waals surface area contributed by atoms with Crippen LogP contribution < -0.4 is 16.2 Å². The smallest absolute Gasteiger partial charge is 0.256 e. The molecular formula is C19H31N3O. The largest absolute Gasteiger partial charge is 0.354 e. The van der Waals surface area contributed by atoms with Gasteiger partial charge in [-0.05, 0) is 50.7 Å². The van der Waals surface area contributed by atoms with Crippen LogP contribution >= 0.6 is 0 Å². The zero-order valence-corrected chi connectivity index (χ0v) is 15.1. The van der Waals surface area contributed by atoms with Gasteiger partial charge >= 0.3 is 0 Å². The average Bonchev–Trinajstić information content (AvgIpc) is 2.49. The zero-order valence-electron chi connectivity index (χ0n) is 15.1. The number of carbonyl (C=O) groups excluding carboxylic acids is 1. The number of hydrogen-bond acceptors (Lipinski definition) is 3. The van der Waals surface area contributed by atoms with Gasteiger partial charge in [0.2, 0.25) is 0 Å². The Morgan fingerprint density at radius 3 is 2.78 bits per heavy atom. The van der Waals surface area contributed by atoms with Gasteiger partial charge in [0.25, 0.3) is 5.91 Å². The zero-order chi connectivity index (χ0) is 17.2. The summed E-state index contributed by atoms with van der Waals surface area (Å²) in [6.07, 6.45) is 3.94. The fourth-order valence-electron chi connectivity index (χ4n) is 4.12. The first kappa shape index (κ1) is 17.8. The van der Waals surface area contributed by atoms with Crippen LogP contribution in [0.3, 0.4) is 0 Å². The number of carbonyl (C=O) groups is 1. The van der Waals surface area contributed by atoms with Gasteiger partial charge in [-0.15, -0.1) is 0 Å². The summed E-state index contributed by atoms with van der Waals surface area (Å²) in [6.45, 7) is 11.0. The van der Waals surface area contributed by atoms with E-state index in [-0.39, 0.29) is 17.5 Å². The van der Waals surface area contributed by atoms with Crippen LogP contribution in [0.2, 0.25) is 0 Å². The standard InChI is InChI=1S/C19H31N3O/c1-6-7-11-16(18(23)21-20)22-17-13(2)9-8-10-15(17)14(3)12-19(22,4)5/h8-10,14,16H,6-7,11-12,20H2,1-5H3,(H,21,23)/t14-,16-/m1/s1. The Labute approximate surface area is 140 Å². The number of rotatable bonds is 5. The fourth-order valence-corrected chi connectivity index (χ4v) is 4.12. The van der Waals surface area contributed by atoms with Gasteiger partial charge in [-0.1, -0.05) is 44.9 Å². The maximum Gasteiger partial charge on any atom is 0.256 e. The van der Waals surface area contributed by atoms with Crippen molar-refractivity contribution in [2.75, 3.05) is 4.90 Å². The van der Waals surface area contributed by atoms with Crippen LogP contribution in [0.25, 0.3) is 0 Å². The fraction of sp³-hybridized carbons (Fsp3) is 0.632. The minimum Gasteiger partial charge on any atom is -0.354 e. The Morgan fingerprint density at radius 2 is 2.17 bits per heavy atom. The summed E-state index contributed by atoms with van der Waals surface area (Å²) < 4.78 is 0. The molecule has 1 aliphatic heterocycles. The summed E-state index contributed by atoms with van der Waals surface area (Å²) in [7, 11) is 0. The highest BCUT2D eigenvalue weighted by Crippen LogP contribution is 2.46. The molecule has 128 valence electrons. The first-order valence-corrected chi connectivity index (χ1v) is 8.72. The molecule has 1 aromatic rings. The highest BCUT2D eigenvalue weighted by atomic mass is 16.2. The molecule has 23 heavy (non-hydrogen) atoms. The minimum atomic E-state index is -0.220. The second-order valence-electron chi connectivity index (χ2n) is 7.47. The summed E-state index contributed by atoms with van der Waals surface area (Å²) in [4.78, 5) is 14.9. The first-order valence-electron chi connectivity index (χ1n) is 8.72. The molecule has 0 aliphatic carbocycles. The molecule has 3 N–H and O–H groups in total. The number of fused-ring (bicyclic) bond motifs is 1. The van der Waals surface area contributed by atoms with E-state index in [4.69, 9.17) is 5.84 Å². The summed E-state index contributed by atoms with van der Waals surface area (Å²) in [5, 5.41) is 0. The van der Waals surface area contributed by atoms with E-state index in [1.165, 1.54) is 16.8 Å². The minimum absolute atomic E-state index is 0.0799. The van der Waals surface area contributed by atoms with Crippen LogP contribution in [-0.4, -0.2) is 17.5 Å². The van der Waals surface area contributed by atoms with E-state index >= 15 is 0 Å². The Morgan fingerprint density at radius 1 is 1.48 bits per heavy atom. The molecule has 4 heteroatoms. The summed E-state index contributed by atoms with van der Waals surface area (Å²) in [6, 6.07) is 6.23. The number of anilines is 1. The van der Waals surface area contributed by atoms with Crippen molar-refractivity contribution in [2.45, 2.75) is 77.8 Å². The lowest BCUT2D eigenvalue weighted by atomic mass is 9.77. The number of aryl methyl sites for hydroxylation is 1. The first-order chi connectivity index (χ1) is 10.8. The predicted molar refractivity (Wildman–Crippen MR) is 96.4 cm³/mol. The maximum absolute atomic E-state index is 12.5. The summed E-state index contributed by atoms with van der Waals surface area (Å²) >= 11 is 0. The quantitative estimate of drug-likeness (QED) is 0.495. The average molecular weight is 317 g/mol. The third kappa shape index (κ3) is 3.37. The van der Waals surface area contributed by atoms with E-state index in [0.717, 1.165) is 25.7 Å². The number of benzene rings is 1. The molecule has 0 spiro atoms. The SMILES string of the molecule is CCCC[C@H](C(=O)NN)N1c2c(C)cccc2[C@H](C)CC1(C)C. The number of nitrogens with one attached hydrogen (secondary N) is 1. The number of nitrogens with two attached hydrogens (primary N) is 1. The van der Waals surface area contributed by atoms with E-state index < -0.39 is 0 Å². The number of para-hydroxylation sites is 1. The molecule has 2 rings (SSSR count). The van der Waals surface area contributed by atoms with Crippen molar-refractivity contribution >= 4 is 11.6 Å². The van der Waals surface area contributed by atoms with E-state index in [0.29, 0.717) is 5.92 Å².